The number of pyridine rings is 1. The van der Waals surface area contributed by atoms with Crippen molar-refractivity contribution in [1.82, 2.24) is 25.2 Å². The van der Waals surface area contributed by atoms with Gasteiger partial charge in [-0.1, -0.05) is 6.07 Å². The van der Waals surface area contributed by atoms with Crippen LogP contribution in [0.5, 0.6) is 0 Å². The Hall–Kier alpha value is -2.54. The van der Waals surface area contributed by atoms with Crippen molar-refractivity contribution in [1.29, 1.82) is 0 Å². The second-order valence-corrected chi connectivity index (χ2v) is 6.84. The zero-order chi connectivity index (χ0) is 18.2. The predicted molar refractivity (Wildman–Crippen MR) is 101 cm³/mol. The largest absolute Gasteiger partial charge is 0.355 e. The van der Waals surface area contributed by atoms with Crippen molar-refractivity contribution in [3.05, 3.63) is 48.5 Å². The fourth-order valence-electron chi connectivity index (χ4n) is 3.29. The molecule has 1 aliphatic heterocycles. The van der Waals surface area contributed by atoms with Crippen molar-refractivity contribution in [2.45, 2.75) is 19.4 Å². The molecule has 138 valence electrons. The number of carbonyl (C=O) groups excluding carboxylic acids is 1. The highest BCUT2D eigenvalue weighted by Crippen LogP contribution is 2.19. The van der Waals surface area contributed by atoms with Gasteiger partial charge < -0.3 is 10.2 Å². The fourth-order valence-corrected chi connectivity index (χ4v) is 3.29. The minimum absolute atomic E-state index is 0.0597. The molecule has 1 N–H and O–H groups in total. The van der Waals surface area contributed by atoms with Gasteiger partial charge >= 0.3 is 0 Å². The number of nitrogens with one attached hydrogen (secondary N) is 1. The normalized spacial score (nSPS) is 17.3. The van der Waals surface area contributed by atoms with E-state index in [4.69, 9.17) is 0 Å². The van der Waals surface area contributed by atoms with E-state index in [9.17, 15) is 4.79 Å². The first-order chi connectivity index (χ1) is 12.7. The summed E-state index contributed by atoms with van der Waals surface area (Å²) in [7, 11) is 1.95. The Balaban J connectivity index is 1.41. The minimum atomic E-state index is 0.0597. The second kappa shape index (κ2) is 9.24. The Morgan fingerprint density at radius 1 is 1.31 bits per heavy atom. The molecule has 26 heavy (non-hydrogen) atoms. The molecular formula is C19H26N6O. The van der Waals surface area contributed by atoms with Gasteiger partial charge in [-0.25, -0.2) is 9.97 Å². The molecule has 0 spiro atoms. The van der Waals surface area contributed by atoms with E-state index in [-0.39, 0.29) is 5.91 Å². The van der Waals surface area contributed by atoms with Crippen LogP contribution in [0.2, 0.25) is 0 Å². The zero-order valence-electron chi connectivity index (χ0n) is 15.2. The van der Waals surface area contributed by atoms with Gasteiger partial charge in [0.15, 0.2) is 0 Å². The number of rotatable bonds is 7. The Morgan fingerprint density at radius 2 is 2.15 bits per heavy atom. The average molecular weight is 354 g/mol. The summed E-state index contributed by atoms with van der Waals surface area (Å²) in [4.78, 5) is 29.2. The van der Waals surface area contributed by atoms with Crippen LogP contribution >= 0.6 is 0 Å². The number of hydrogen-bond donors (Lipinski definition) is 1. The maximum atomic E-state index is 12.2. The van der Waals surface area contributed by atoms with Crippen molar-refractivity contribution >= 4 is 11.9 Å². The second-order valence-electron chi connectivity index (χ2n) is 6.84. The maximum absolute atomic E-state index is 12.2. The van der Waals surface area contributed by atoms with E-state index in [0.717, 1.165) is 37.4 Å². The topological polar surface area (TPSA) is 74.2 Å². The van der Waals surface area contributed by atoms with Crippen LogP contribution in [0.4, 0.5) is 5.95 Å². The third-order valence-electron chi connectivity index (χ3n) is 4.53. The number of likely N-dealkylation sites (N-methyl/N-ethyl adjacent to an activating group) is 1. The summed E-state index contributed by atoms with van der Waals surface area (Å²) >= 11 is 0. The first kappa shape index (κ1) is 18.3. The molecule has 1 unspecified atom stereocenters. The number of hydrogen-bond acceptors (Lipinski definition) is 6. The molecule has 2 aromatic rings. The molecule has 1 fully saturated rings. The van der Waals surface area contributed by atoms with Gasteiger partial charge in [0.05, 0.1) is 6.54 Å². The predicted octanol–water partition coefficient (Wildman–Crippen LogP) is 1.34. The number of amides is 1. The van der Waals surface area contributed by atoms with Crippen molar-refractivity contribution in [2.75, 3.05) is 38.1 Å². The number of anilines is 1. The molecular weight excluding hydrogens is 328 g/mol. The summed E-state index contributed by atoms with van der Waals surface area (Å²) in [6, 6.07) is 5.76. The summed E-state index contributed by atoms with van der Waals surface area (Å²) in [6.45, 7) is 3.65. The molecule has 0 aliphatic carbocycles. The van der Waals surface area contributed by atoms with Crippen molar-refractivity contribution < 1.29 is 4.79 Å². The summed E-state index contributed by atoms with van der Waals surface area (Å²) in [5, 5.41) is 3.08. The van der Waals surface area contributed by atoms with Crippen LogP contribution in [0.25, 0.3) is 0 Å². The molecule has 3 rings (SSSR count). The van der Waals surface area contributed by atoms with E-state index in [0.29, 0.717) is 25.6 Å². The Kier molecular flexibility index (Phi) is 6.49. The van der Waals surface area contributed by atoms with Gasteiger partial charge in [0, 0.05) is 51.0 Å². The lowest BCUT2D eigenvalue weighted by molar-refractivity contribution is -0.122. The highest BCUT2D eigenvalue weighted by atomic mass is 16.2. The third-order valence-corrected chi connectivity index (χ3v) is 4.53. The lowest BCUT2D eigenvalue weighted by atomic mass is 9.98. The summed E-state index contributed by atoms with van der Waals surface area (Å²) < 4.78 is 0. The third kappa shape index (κ3) is 5.49. The van der Waals surface area contributed by atoms with Crippen molar-refractivity contribution in [2.24, 2.45) is 5.92 Å². The molecule has 1 aliphatic rings. The summed E-state index contributed by atoms with van der Waals surface area (Å²) in [6.07, 6.45) is 9.34. The Morgan fingerprint density at radius 3 is 2.92 bits per heavy atom. The van der Waals surface area contributed by atoms with Gasteiger partial charge in [-0.2, -0.15) is 0 Å². The maximum Gasteiger partial charge on any atom is 0.234 e. The van der Waals surface area contributed by atoms with Gasteiger partial charge in [0.1, 0.15) is 0 Å². The number of nitrogens with zero attached hydrogens (tertiary/aromatic N) is 5. The molecule has 3 heterocycles. The summed E-state index contributed by atoms with van der Waals surface area (Å²) in [5.74, 6) is 1.27. The van der Waals surface area contributed by atoms with Crippen LogP contribution in [-0.4, -0.2) is 59.0 Å². The van der Waals surface area contributed by atoms with E-state index >= 15 is 0 Å². The molecule has 1 saturated heterocycles. The molecule has 0 bridgehead atoms. The highest BCUT2D eigenvalue weighted by molar-refractivity contribution is 5.77. The van der Waals surface area contributed by atoms with Gasteiger partial charge in [-0.3, -0.25) is 14.7 Å². The van der Waals surface area contributed by atoms with Crippen LogP contribution in [0.15, 0.2) is 43.0 Å². The molecule has 1 amide bonds. The van der Waals surface area contributed by atoms with Crippen molar-refractivity contribution in [3.8, 4) is 0 Å². The average Bonchev–Trinajstić information content (AvgIpc) is 2.68. The highest BCUT2D eigenvalue weighted by Gasteiger charge is 2.22. The van der Waals surface area contributed by atoms with Crippen LogP contribution in [-0.2, 0) is 11.3 Å². The lowest BCUT2D eigenvalue weighted by Crippen LogP contribution is -2.43. The smallest absolute Gasteiger partial charge is 0.234 e. The quantitative estimate of drug-likeness (QED) is 0.809. The van der Waals surface area contributed by atoms with Crippen LogP contribution in [0.1, 0.15) is 18.4 Å². The van der Waals surface area contributed by atoms with E-state index in [1.807, 2.05) is 36.3 Å². The SMILES string of the molecule is CN(CC(=O)NCC1CCCN(c2ncccn2)C1)Cc1cccnc1. The van der Waals surface area contributed by atoms with E-state index in [1.165, 1.54) is 0 Å². The monoisotopic (exact) mass is 354 g/mol. The minimum Gasteiger partial charge on any atom is -0.355 e. The molecule has 2 aromatic heterocycles. The van der Waals surface area contributed by atoms with Gasteiger partial charge in [-0.15, -0.1) is 0 Å². The van der Waals surface area contributed by atoms with Crippen LogP contribution in [0, 0.1) is 5.92 Å². The van der Waals surface area contributed by atoms with Gasteiger partial charge in [0.2, 0.25) is 11.9 Å². The Bertz CT molecular complexity index is 681. The first-order valence-corrected chi connectivity index (χ1v) is 9.07. The molecule has 0 aromatic carbocycles. The van der Waals surface area contributed by atoms with E-state index < -0.39 is 0 Å². The molecule has 7 nitrogen and oxygen atoms in total. The number of aromatic nitrogens is 3. The van der Waals surface area contributed by atoms with Crippen molar-refractivity contribution in [3.63, 3.8) is 0 Å². The molecule has 0 saturated carbocycles. The van der Waals surface area contributed by atoms with Crippen LogP contribution < -0.4 is 10.2 Å². The zero-order valence-corrected chi connectivity index (χ0v) is 15.2. The van der Waals surface area contributed by atoms with E-state index in [2.05, 4.69) is 25.2 Å². The van der Waals surface area contributed by atoms with Gasteiger partial charge in [0.25, 0.3) is 0 Å². The van der Waals surface area contributed by atoms with Crippen LogP contribution in [0.3, 0.4) is 0 Å². The summed E-state index contributed by atoms with van der Waals surface area (Å²) in [5.41, 5.74) is 1.11. The number of carbonyl (C=O) groups is 1. The molecule has 0 radical (unpaired) electrons. The number of piperidine rings is 1. The van der Waals surface area contributed by atoms with Gasteiger partial charge in [-0.05, 0) is 43.5 Å². The fraction of sp³-hybridized carbons (Fsp3) is 0.474. The lowest BCUT2D eigenvalue weighted by Gasteiger charge is -2.32. The first-order valence-electron chi connectivity index (χ1n) is 9.07. The molecule has 1 atom stereocenters. The standard InChI is InChI=1S/C19H26N6O/c1-24(13-16-5-2-7-20-11-16)15-18(26)23-12-17-6-3-10-25(14-17)19-21-8-4-9-22-19/h2,4-5,7-9,11,17H,3,6,10,12-15H2,1H3,(H,23,26). The van der Waals surface area contributed by atoms with E-state index in [1.54, 1.807) is 18.6 Å². The Labute approximate surface area is 154 Å². The molecule has 7 heteroatoms.